The molecule has 0 radical (unpaired) electrons. The van der Waals surface area contributed by atoms with Gasteiger partial charge in [-0.15, -0.1) is 0 Å². The van der Waals surface area contributed by atoms with Crippen molar-refractivity contribution >= 4 is 11.7 Å². The van der Waals surface area contributed by atoms with E-state index in [-0.39, 0.29) is 23.9 Å². The summed E-state index contributed by atoms with van der Waals surface area (Å²) in [5.74, 6) is 1.29. The van der Waals surface area contributed by atoms with Crippen LogP contribution >= 0.6 is 0 Å². The first kappa shape index (κ1) is 13.6. The molecular formula is C13H20N4O2. The molecule has 2 heterocycles. The van der Waals surface area contributed by atoms with Gasteiger partial charge in [0, 0.05) is 25.1 Å². The van der Waals surface area contributed by atoms with Crippen molar-refractivity contribution < 1.29 is 4.79 Å². The number of aromatic amines is 1. The van der Waals surface area contributed by atoms with E-state index in [0.29, 0.717) is 11.6 Å². The lowest BCUT2D eigenvalue weighted by molar-refractivity contribution is -0.128. The zero-order chi connectivity index (χ0) is 13.8. The normalized spacial score (nSPS) is 15.0. The van der Waals surface area contributed by atoms with Crippen LogP contribution in [0.15, 0.2) is 10.9 Å². The molecule has 0 atom stereocenters. The highest BCUT2D eigenvalue weighted by molar-refractivity contribution is 5.80. The standard InChI is InChI=1S/C13H20N4O2/c1-9(2)13-15-10(7-11(18)16-13)14-8-12(19)17-5-3-4-6-17/h7,9H,3-6,8H2,1-2H3,(H2,14,15,16,18). The molecule has 2 rings (SSSR count). The van der Waals surface area contributed by atoms with E-state index >= 15 is 0 Å². The molecule has 1 aromatic heterocycles. The summed E-state index contributed by atoms with van der Waals surface area (Å²) in [6, 6.07) is 1.38. The highest BCUT2D eigenvalue weighted by Crippen LogP contribution is 2.10. The minimum atomic E-state index is -0.199. The van der Waals surface area contributed by atoms with Gasteiger partial charge in [0.1, 0.15) is 11.6 Å². The van der Waals surface area contributed by atoms with E-state index < -0.39 is 0 Å². The lowest BCUT2D eigenvalue weighted by Crippen LogP contribution is -2.33. The molecular weight excluding hydrogens is 244 g/mol. The quantitative estimate of drug-likeness (QED) is 0.848. The zero-order valence-electron chi connectivity index (χ0n) is 11.4. The van der Waals surface area contributed by atoms with Crippen molar-refractivity contribution in [1.29, 1.82) is 0 Å². The number of aromatic nitrogens is 2. The number of hydrogen-bond acceptors (Lipinski definition) is 4. The molecule has 0 aromatic carbocycles. The Morgan fingerprint density at radius 3 is 2.79 bits per heavy atom. The summed E-state index contributed by atoms with van der Waals surface area (Å²) in [4.78, 5) is 32.2. The molecule has 0 bridgehead atoms. The lowest BCUT2D eigenvalue weighted by Gasteiger charge is -2.16. The van der Waals surface area contributed by atoms with Crippen molar-refractivity contribution in [3.63, 3.8) is 0 Å². The number of anilines is 1. The maximum absolute atomic E-state index is 11.9. The zero-order valence-corrected chi connectivity index (χ0v) is 11.4. The molecule has 6 heteroatoms. The Morgan fingerprint density at radius 2 is 2.16 bits per heavy atom. The van der Waals surface area contributed by atoms with Gasteiger partial charge in [0.15, 0.2) is 0 Å². The number of likely N-dealkylation sites (tertiary alicyclic amines) is 1. The Labute approximate surface area is 112 Å². The van der Waals surface area contributed by atoms with Gasteiger partial charge in [0.05, 0.1) is 6.54 Å². The van der Waals surface area contributed by atoms with E-state index in [9.17, 15) is 9.59 Å². The van der Waals surface area contributed by atoms with Gasteiger partial charge in [-0.3, -0.25) is 9.59 Å². The number of hydrogen-bond donors (Lipinski definition) is 2. The predicted octanol–water partition coefficient (Wildman–Crippen LogP) is 0.928. The van der Waals surface area contributed by atoms with Crippen LogP contribution in [0.1, 0.15) is 38.4 Å². The summed E-state index contributed by atoms with van der Waals surface area (Å²) in [7, 11) is 0. The summed E-state index contributed by atoms with van der Waals surface area (Å²) in [5, 5.41) is 2.94. The number of nitrogens with zero attached hydrogens (tertiary/aromatic N) is 2. The minimum absolute atomic E-state index is 0.0608. The summed E-state index contributed by atoms with van der Waals surface area (Å²) in [6.07, 6.45) is 2.15. The lowest BCUT2D eigenvalue weighted by atomic mass is 10.2. The van der Waals surface area contributed by atoms with E-state index in [1.54, 1.807) is 0 Å². The van der Waals surface area contributed by atoms with Crippen LogP contribution in [-0.4, -0.2) is 40.4 Å². The number of carbonyl (C=O) groups excluding carboxylic acids is 1. The topological polar surface area (TPSA) is 78.1 Å². The van der Waals surface area contributed by atoms with Crippen LogP contribution in [0.5, 0.6) is 0 Å². The summed E-state index contributed by atoms with van der Waals surface area (Å²) >= 11 is 0. The first-order valence-corrected chi connectivity index (χ1v) is 6.69. The van der Waals surface area contributed by atoms with Crippen LogP contribution in [-0.2, 0) is 4.79 Å². The van der Waals surface area contributed by atoms with Crippen molar-refractivity contribution in [3.8, 4) is 0 Å². The monoisotopic (exact) mass is 264 g/mol. The van der Waals surface area contributed by atoms with Gasteiger partial charge in [-0.1, -0.05) is 13.8 Å². The number of nitrogens with one attached hydrogen (secondary N) is 2. The molecule has 1 aromatic rings. The summed E-state index contributed by atoms with van der Waals surface area (Å²) in [6.45, 7) is 5.77. The van der Waals surface area contributed by atoms with Crippen LogP contribution in [0.2, 0.25) is 0 Å². The fraction of sp³-hybridized carbons (Fsp3) is 0.615. The second kappa shape index (κ2) is 5.86. The molecule has 1 aliphatic rings. The number of rotatable bonds is 4. The molecule has 0 aliphatic carbocycles. The largest absolute Gasteiger partial charge is 0.361 e. The van der Waals surface area contributed by atoms with Crippen molar-refractivity contribution in [1.82, 2.24) is 14.9 Å². The van der Waals surface area contributed by atoms with Gasteiger partial charge in [-0.25, -0.2) is 4.98 Å². The van der Waals surface area contributed by atoms with Crippen LogP contribution in [0.3, 0.4) is 0 Å². The fourth-order valence-electron chi connectivity index (χ4n) is 2.08. The molecule has 0 spiro atoms. The smallest absolute Gasteiger partial charge is 0.252 e. The Morgan fingerprint density at radius 1 is 1.47 bits per heavy atom. The second-order valence-electron chi connectivity index (χ2n) is 5.11. The number of carbonyl (C=O) groups is 1. The highest BCUT2D eigenvalue weighted by Gasteiger charge is 2.17. The molecule has 6 nitrogen and oxygen atoms in total. The van der Waals surface area contributed by atoms with Gasteiger partial charge in [-0.05, 0) is 12.8 Å². The molecule has 1 aliphatic heterocycles. The van der Waals surface area contributed by atoms with Crippen LogP contribution in [0, 0.1) is 0 Å². The molecule has 1 amide bonds. The summed E-state index contributed by atoms with van der Waals surface area (Å²) in [5.41, 5.74) is -0.199. The van der Waals surface area contributed by atoms with E-state index in [2.05, 4.69) is 15.3 Å². The SMILES string of the molecule is CC(C)c1nc(NCC(=O)N2CCCC2)cc(=O)[nH]1. The van der Waals surface area contributed by atoms with Crippen LogP contribution in [0.25, 0.3) is 0 Å². The molecule has 1 saturated heterocycles. The number of amides is 1. The third-order valence-electron chi connectivity index (χ3n) is 3.19. The second-order valence-corrected chi connectivity index (χ2v) is 5.11. The average Bonchev–Trinajstić information content (AvgIpc) is 2.89. The molecule has 0 unspecified atom stereocenters. The Balaban J connectivity index is 1.99. The maximum Gasteiger partial charge on any atom is 0.252 e. The van der Waals surface area contributed by atoms with Gasteiger partial charge >= 0.3 is 0 Å². The highest BCUT2D eigenvalue weighted by atomic mass is 16.2. The predicted molar refractivity (Wildman–Crippen MR) is 73.3 cm³/mol. The van der Waals surface area contributed by atoms with Gasteiger partial charge < -0.3 is 15.2 Å². The van der Waals surface area contributed by atoms with E-state index in [1.807, 2.05) is 18.7 Å². The van der Waals surface area contributed by atoms with E-state index in [4.69, 9.17) is 0 Å². The van der Waals surface area contributed by atoms with E-state index in [1.165, 1.54) is 6.07 Å². The van der Waals surface area contributed by atoms with Gasteiger partial charge in [-0.2, -0.15) is 0 Å². The van der Waals surface area contributed by atoms with Gasteiger partial charge in [0.25, 0.3) is 5.56 Å². The van der Waals surface area contributed by atoms with Gasteiger partial charge in [0.2, 0.25) is 5.91 Å². The molecule has 19 heavy (non-hydrogen) atoms. The summed E-state index contributed by atoms with van der Waals surface area (Å²) < 4.78 is 0. The third kappa shape index (κ3) is 3.56. The van der Waals surface area contributed by atoms with Crippen molar-refractivity contribution in [2.24, 2.45) is 0 Å². The molecule has 0 saturated carbocycles. The Kier molecular flexibility index (Phi) is 4.19. The first-order chi connectivity index (χ1) is 9.06. The van der Waals surface area contributed by atoms with Crippen molar-refractivity contribution in [2.45, 2.75) is 32.6 Å². The Hall–Kier alpha value is -1.85. The van der Waals surface area contributed by atoms with Crippen LogP contribution in [0.4, 0.5) is 5.82 Å². The average molecular weight is 264 g/mol. The molecule has 2 N–H and O–H groups in total. The first-order valence-electron chi connectivity index (χ1n) is 6.69. The minimum Gasteiger partial charge on any atom is -0.361 e. The maximum atomic E-state index is 11.9. The van der Waals surface area contributed by atoms with Crippen LogP contribution < -0.4 is 10.9 Å². The third-order valence-corrected chi connectivity index (χ3v) is 3.19. The molecule has 104 valence electrons. The number of H-pyrrole nitrogens is 1. The Bertz CT molecular complexity index is 504. The fourth-order valence-corrected chi connectivity index (χ4v) is 2.08. The van der Waals surface area contributed by atoms with Crippen molar-refractivity contribution in [2.75, 3.05) is 25.0 Å². The van der Waals surface area contributed by atoms with E-state index in [0.717, 1.165) is 25.9 Å². The van der Waals surface area contributed by atoms with Crippen molar-refractivity contribution in [3.05, 3.63) is 22.2 Å². The molecule has 1 fully saturated rings.